The molecule has 0 spiro atoms. The van der Waals surface area contributed by atoms with Gasteiger partial charge in [-0.05, 0) is 47.8 Å². The zero-order chi connectivity index (χ0) is 12.2. The van der Waals surface area contributed by atoms with E-state index in [1.54, 1.807) is 12.3 Å². The number of hydrogen-bond acceptors (Lipinski definition) is 2. The van der Waals surface area contributed by atoms with E-state index >= 15 is 0 Å². The average Bonchev–Trinajstić information content (AvgIpc) is 2.29. The second kappa shape index (κ2) is 5.43. The number of carbonyl (C=O) groups is 1. The first-order valence-electron chi connectivity index (χ1n) is 5.45. The Balaban J connectivity index is 2.84. The molecule has 4 heteroatoms. The Morgan fingerprint density at radius 1 is 1.50 bits per heavy atom. The highest BCUT2D eigenvalue weighted by Crippen LogP contribution is 2.17. The third-order valence-corrected chi connectivity index (χ3v) is 3.59. The Morgan fingerprint density at radius 2 is 2.12 bits per heavy atom. The van der Waals surface area contributed by atoms with E-state index < -0.39 is 0 Å². The molecule has 1 aromatic rings. The predicted octanol–water partition coefficient (Wildman–Crippen LogP) is 3.15. The van der Waals surface area contributed by atoms with Crippen molar-refractivity contribution in [3.8, 4) is 0 Å². The maximum Gasteiger partial charge on any atom is 0.271 e. The zero-order valence-electron chi connectivity index (χ0n) is 9.88. The Morgan fingerprint density at radius 3 is 2.62 bits per heavy atom. The van der Waals surface area contributed by atoms with Crippen molar-refractivity contribution < 1.29 is 4.79 Å². The number of aromatic nitrogens is 1. The van der Waals surface area contributed by atoms with Gasteiger partial charge in [-0.3, -0.25) is 4.79 Å². The number of halogens is 1. The molecule has 0 bridgehead atoms. The van der Waals surface area contributed by atoms with Crippen molar-refractivity contribution in [2.24, 2.45) is 0 Å². The van der Waals surface area contributed by atoms with Gasteiger partial charge >= 0.3 is 0 Å². The fourth-order valence-electron chi connectivity index (χ4n) is 1.31. The van der Waals surface area contributed by atoms with Crippen LogP contribution in [0.5, 0.6) is 0 Å². The number of nitrogens with zero attached hydrogens (tertiary/aromatic N) is 1. The fourth-order valence-corrected chi connectivity index (χ4v) is 1.75. The topological polar surface area (TPSA) is 42.0 Å². The molecule has 1 heterocycles. The molecule has 1 aromatic heterocycles. The number of pyridine rings is 1. The van der Waals surface area contributed by atoms with Crippen molar-refractivity contribution in [2.75, 3.05) is 0 Å². The van der Waals surface area contributed by atoms with Crippen LogP contribution in [0.25, 0.3) is 0 Å². The molecule has 0 aromatic carbocycles. The summed E-state index contributed by atoms with van der Waals surface area (Å²) >= 11 is 3.32. The lowest BCUT2D eigenvalue weighted by Crippen LogP contribution is -2.45. The van der Waals surface area contributed by atoms with Gasteiger partial charge in [0, 0.05) is 16.2 Å². The van der Waals surface area contributed by atoms with Crippen LogP contribution >= 0.6 is 15.9 Å². The second-order valence-electron chi connectivity index (χ2n) is 4.06. The minimum atomic E-state index is -0.159. The summed E-state index contributed by atoms with van der Waals surface area (Å²) in [5, 5.41) is 3.02. The molecule has 3 nitrogen and oxygen atoms in total. The Kier molecular flexibility index (Phi) is 4.47. The van der Waals surface area contributed by atoms with Crippen LogP contribution in [0.2, 0.25) is 0 Å². The van der Waals surface area contributed by atoms with Crippen LogP contribution in [0.3, 0.4) is 0 Å². The molecule has 0 aliphatic heterocycles. The highest BCUT2D eigenvalue weighted by atomic mass is 79.9. The van der Waals surface area contributed by atoms with Crippen molar-refractivity contribution in [3.05, 3.63) is 28.5 Å². The van der Waals surface area contributed by atoms with Crippen LogP contribution in [0.4, 0.5) is 0 Å². The predicted molar refractivity (Wildman–Crippen MR) is 68.4 cm³/mol. The summed E-state index contributed by atoms with van der Waals surface area (Å²) < 4.78 is 0.724. The summed E-state index contributed by atoms with van der Waals surface area (Å²) in [5.41, 5.74) is 0.282. The van der Waals surface area contributed by atoms with Crippen molar-refractivity contribution in [1.82, 2.24) is 10.3 Å². The molecule has 88 valence electrons. The number of rotatable bonds is 4. The molecular weight excluding hydrogens is 268 g/mol. The minimum absolute atomic E-state index is 0.126. The van der Waals surface area contributed by atoms with Crippen molar-refractivity contribution in [3.63, 3.8) is 0 Å². The monoisotopic (exact) mass is 284 g/mol. The van der Waals surface area contributed by atoms with Gasteiger partial charge in [-0.15, -0.1) is 0 Å². The van der Waals surface area contributed by atoms with E-state index in [2.05, 4.69) is 40.1 Å². The van der Waals surface area contributed by atoms with E-state index in [-0.39, 0.29) is 11.4 Å². The molecule has 0 aliphatic carbocycles. The van der Waals surface area contributed by atoms with E-state index in [9.17, 15) is 4.79 Å². The van der Waals surface area contributed by atoms with E-state index in [0.29, 0.717) is 5.69 Å². The average molecular weight is 285 g/mol. The Bertz CT molecular complexity index is 375. The van der Waals surface area contributed by atoms with Gasteiger partial charge in [-0.25, -0.2) is 4.98 Å². The summed E-state index contributed by atoms with van der Waals surface area (Å²) in [4.78, 5) is 16.1. The first kappa shape index (κ1) is 13.2. The van der Waals surface area contributed by atoms with Gasteiger partial charge in [0.05, 0.1) is 0 Å². The third kappa shape index (κ3) is 3.04. The fraction of sp³-hybridized carbons (Fsp3) is 0.500. The molecule has 0 saturated carbocycles. The molecule has 16 heavy (non-hydrogen) atoms. The van der Waals surface area contributed by atoms with Crippen LogP contribution < -0.4 is 5.32 Å². The zero-order valence-corrected chi connectivity index (χ0v) is 11.5. The van der Waals surface area contributed by atoms with Gasteiger partial charge in [0.2, 0.25) is 0 Å². The van der Waals surface area contributed by atoms with Gasteiger partial charge in [0.1, 0.15) is 5.69 Å². The number of hydrogen-bond donors (Lipinski definition) is 1. The molecule has 0 saturated heterocycles. The lowest BCUT2D eigenvalue weighted by atomic mass is 9.95. The molecule has 0 radical (unpaired) electrons. The molecular formula is C12H17BrN2O. The molecule has 0 aliphatic rings. The van der Waals surface area contributed by atoms with Crippen molar-refractivity contribution in [2.45, 2.75) is 39.2 Å². The smallest absolute Gasteiger partial charge is 0.271 e. The number of amides is 1. The van der Waals surface area contributed by atoms with Crippen LogP contribution in [-0.2, 0) is 0 Å². The second-order valence-corrected chi connectivity index (χ2v) is 4.91. The number of nitrogens with one attached hydrogen (secondary N) is 1. The minimum Gasteiger partial charge on any atom is -0.346 e. The van der Waals surface area contributed by atoms with E-state index in [1.165, 1.54) is 0 Å². The molecule has 1 N–H and O–H groups in total. The van der Waals surface area contributed by atoms with Crippen LogP contribution in [-0.4, -0.2) is 16.4 Å². The van der Waals surface area contributed by atoms with E-state index in [1.807, 2.05) is 13.0 Å². The van der Waals surface area contributed by atoms with Gasteiger partial charge < -0.3 is 5.32 Å². The Labute approximate surface area is 105 Å². The maximum atomic E-state index is 12.0. The van der Waals surface area contributed by atoms with Gasteiger partial charge in [-0.2, -0.15) is 0 Å². The lowest BCUT2D eigenvalue weighted by Gasteiger charge is -2.28. The third-order valence-electron chi connectivity index (χ3n) is 2.95. The van der Waals surface area contributed by atoms with Crippen LogP contribution in [0.15, 0.2) is 22.8 Å². The highest BCUT2D eigenvalue weighted by molar-refractivity contribution is 9.10. The largest absolute Gasteiger partial charge is 0.346 e. The van der Waals surface area contributed by atoms with Crippen LogP contribution in [0.1, 0.15) is 44.1 Å². The standard InChI is InChI=1S/C12H17BrN2O/c1-4-12(3,5-2)15-11(16)10-9(13)7-6-8-14-10/h6-8H,4-5H2,1-3H3,(H,15,16). The molecule has 1 rings (SSSR count). The van der Waals surface area contributed by atoms with Crippen molar-refractivity contribution in [1.29, 1.82) is 0 Å². The van der Waals surface area contributed by atoms with Gasteiger partial charge in [0.25, 0.3) is 5.91 Å². The normalized spacial score (nSPS) is 11.2. The summed E-state index contributed by atoms with van der Waals surface area (Å²) in [6, 6.07) is 3.61. The van der Waals surface area contributed by atoms with Crippen molar-refractivity contribution >= 4 is 21.8 Å². The quantitative estimate of drug-likeness (QED) is 0.923. The van der Waals surface area contributed by atoms with E-state index in [0.717, 1.165) is 17.3 Å². The first-order valence-corrected chi connectivity index (χ1v) is 6.24. The lowest BCUT2D eigenvalue weighted by molar-refractivity contribution is 0.0895. The summed E-state index contributed by atoms with van der Waals surface area (Å²) in [7, 11) is 0. The van der Waals surface area contributed by atoms with Gasteiger partial charge in [-0.1, -0.05) is 13.8 Å². The number of carbonyl (C=O) groups excluding carboxylic acids is 1. The highest BCUT2D eigenvalue weighted by Gasteiger charge is 2.23. The Hall–Kier alpha value is -0.900. The summed E-state index contributed by atoms with van der Waals surface area (Å²) in [5.74, 6) is -0.126. The van der Waals surface area contributed by atoms with E-state index in [4.69, 9.17) is 0 Å². The molecule has 0 unspecified atom stereocenters. The first-order chi connectivity index (χ1) is 7.52. The SMILES string of the molecule is CCC(C)(CC)NC(=O)c1ncccc1Br. The molecule has 1 amide bonds. The maximum absolute atomic E-state index is 12.0. The molecule has 0 atom stereocenters. The van der Waals surface area contributed by atoms with Crippen LogP contribution in [0, 0.1) is 0 Å². The van der Waals surface area contributed by atoms with Gasteiger partial charge in [0.15, 0.2) is 0 Å². The summed E-state index contributed by atoms with van der Waals surface area (Å²) in [6.07, 6.45) is 3.42. The summed E-state index contributed by atoms with van der Waals surface area (Å²) in [6.45, 7) is 6.18. The molecule has 0 fully saturated rings.